The van der Waals surface area contributed by atoms with Crippen molar-refractivity contribution in [2.75, 3.05) is 23.0 Å². The molecule has 0 saturated heterocycles. The average molecular weight is 456 g/mol. The molecule has 0 bridgehead atoms. The van der Waals surface area contributed by atoms with Crippen LogP contribution in [-0.2, 0) is 45.4 Å². The summed E-state index contributed by atoms with van der Waals surface area (Å²) in [6, 6.07) is 0. The Morgan fingerprint density at radius 3 is 0.571 bits per heavy atom. The minimum absolute atomic E-state index is 0. The first-order chi connectivity index (χ1) is 9.08. The number of carbonyl (C=O) groups is 4. The number of rotatable bonds is 4. The average Bonchev–Trinajstić information content (AvgIpc) is 2.40. The fraction of sp³-hybridized carbons (Fsp3) is 0.500. The topological polar surface area (TPSA) is 161 Å². The second-order valence-corrected chi connectivity index (χ2v) is 3.39. The second kappa shape index (κ2) is 28.3. The van der Waals surface area contributed by atoms with Gasteiger partial charge in [-0.05, 0) is 0 Å². The van der Waals surface area contributed by atoms with E-state index in [1.54, 1.807) is 0 Å². The van der Waals surface area contributed by atoms with E-state index in [2.05, 4.69) is 50.5 Å². The van der Waals surface area contributed by atoms with Gasteiger partial charge in [0.25, 0.3) is 0 Å². The monoisotopic (exact) mass is 454 g/mol. The van der Waals surface area contributed by atoms with E-state index in [-0.39, 0.29) is 49.2 Å². The molecule has 0 spiro atoms. The minimum atomic E-state index is -1.13. The van der Waals surface area contributed by atoms with Crippen molar-refractivity contribution in [1.82, 2.24) is 0 Å². The zero-order chi connectivity index (χ0) is 17.1. The van der Waals surface area contributed by atoms with Gasteiger partial charge in [-0.2, -0.15) is 50.5 Å². The van der Waals surface area contributed by atoms with Gasteiger partial charge in [-0.1, -0.05) is 0 Å². The Morgan fingerprint density at radius 1 is 0.524 bits per heavy atom. The van der Waals surface area contributed by atoms with Crippen molar-refractivity contribution in [2.45, 2.75) is 0 Å². The first-order valence-electron chi connectivity index (χ1n) is 4.31. The van der Waals surface area contributed by atoms with Crippen molar-refractivity contribution in [3.63, 3.8) is 0 Å². The SMILES string of the molecule is O=C([O-])CS.O=C([O-])CS.O=C([O-])CS.O=C([O-])CS.[Zr+4]. The quantitative estimate of drug-likeness (QED) is 0.306. The smallest absolute Gasteiger partial charge is 0.549 e. The normalized spacial score (nSPS) is 7.05. The van der Waals surface area contributed by atoms with Crippen LogP contribution in [0.2, 0.25) is 0 Å². The Morgan fingerprint density at radius 2 is 0.571 bits per heavy atom. The molecule has 0 rings (SSSR count). The summed E-state index contributed by atoms with van der Waals surface area (Å²) in [5.74, 6) is -5.30. The van der Waals surface area contributed by atoms with Crippen LogP contribution >= 0.6 is 50.5 Å². The van der Waals surface area contributed by atoms with E-state index in [0.29, 0.717) is 0 Å². The molecule has 0 aromatic rings. The number of carboxylic acid groups (broad SMARTS) is 4. The molecule has 0 N–H and O–H groups in total. The van der Waals surface area contributed by atoms with Crippen LogP contribution in [0.1, 0.15) is 0 Å². The van der Waals surface area contributed by atoms with Gasteiger partial charge < -0.3 is 39.6 Å². The summed E-state index contributed by atoms with van der Waals surface area (Å²) in [5.41, 5.74) is 0. The van der Waals surface area contributed by atoms with Gasteiger partial charge in [-0.15, -0.1) is 0 Å². The van der Waals surface area contributed by atoms with Crippen molar-refractivity contribution < 1.29 is 65.8 Å². The van der Waals surface area contributed by atoms with Crippen LogP contribution < -0.4 is 20.4 Å². The predicted octanol–water partition coefficient (Wildman–Crippen LogP) is -5.34. The molecular formula is C8H12O8S4Zr. The van der Waals surface area contributed by atoms with E-state index in [9.17, 15) is 39.6 Å². The molecule has 0 aliphatic carbocycles. The van der Waals surface area contributed by atoms with E-state index >= 15 is 0 Å². The molecule has 0 atom stereocenters. The van der Waals surface area contributed by atoms with Gasteiger partial charge in [0.15, 0.2) is 0 Å². The molecule has 0 heterocycles. The van der Waals surface area contributed by atoms with Crippen molar-refractivity contribution in [3.05, 3.63) is 0 Å². The van der Waals surface area contributed by atoms with Gasteiger partial charge >= 0.3 is 26.2 Å². The van der Waals surface area contributed by atoms with E-state index in [1.165, 1.54) is 0 Å². The Kier molecular flexibility index (Phi) is 44.4. The summed E-state index contributed by atoms with van der Waals surface area (Å²) >= 11 is 13.4. The standard InChI is InChI=1S/4C2H4O2S.Zr/c4*3-2(4)1-5;/h4*5H,1H2,(H,3,4);/q;;;;+4/p-4. The molecule has 8 nitrogen and oxygen atoms in total. The molecule has 0 radical (unpaired) electrons. The number of carboxylic acids is 4. The zero-order valence-electron chi connectivity index (χ0n) is 10.4. The first-order valence-corrected chi connectivity index (χ1v) is 6.84. The Labute approximate surface area is 162 Å². The summed E-state index contributed by atoms with van der Waals surface area (Å²) in [7, 11) is 0. The molecule has 13 heteroatoms. The van der Waals surface area contributed by atoms with Crippen LogP contribution in [-0.4, -0.2) is 46.9 Å². The maximum Gasteiger partial charge on any atom is 4.00 e. The molecule has 0 unspecified atom stereocenters. The maximum atomic E-state index is 9.18. The third kappa shape index (κ3) is 99.8. The third-order valence-electron chi connectivity index (χ3n) is 0.516. The Balaban J connectivity index is -0.0000000533. The largest absolute Gasteiger partial charge is 4.00 e. The summed E-state index contributed by atoms with van der Waals surface area (Å²) < 4.78 is 0. The van der Waals surface area contributed by atoms with Crippen LogP contribution in [0.5, 0.6) is 0 Å². The Bertz CT molecular complexity index is 233. The molecule has 120 valence electrons. The predicted molar refractivity (Wildman–Crippen MR) is 75.4 cm³/mol. The number of aliphatic carboxylic acids is 4. The van der Waals surface area contributed by atoms with Gasteiger partial charge in [0.05, 0.1) is 23.9 Å². The van der Waals surface area contributed by atoms with Gasteiger partial charge in [-0.25, -0.2) is 0 Å². The number of thiol groups is 4. The Hall–Kier alpha value is 0.163. The molecule has 0 fully saturated rings. The van der Waals surface area contributed by atoms with E-state index in [4.69, 9.17) is 0 Å². The number of carbonyl (C=O) groups excluding carboxylic acids is 4. The molecule has 0 aliphatic heterocycles. The van der Waals surface area contributed by atoms with Crippen LogP contribution in [0.3, 0.4) is 0 Å². The summed E-state index contributed by atoms with van der Waals surface area (Å²) in [4.78, 5) is 36.7. The van der Waals surface area contributed by atoms with Gasteiger partial charge in [0.2, 0.25) is 0 Å². The molecule has 21 heavy (non-hydrogen) atoms. The molecular weight excluding hydrogens is 444 g/mol. The van der Waals surface area contributed by atoms with Gasteiger partial charge in [0, 0.05) is 23.0 Å². The van der Waals surface area contributed by atoms with Crippen LogP contribution in [0, 0.1) is 0 Å². The van der Waals surface area contributed by atoms with Crippen LogP contribution in [0.4, 0.5) is 0 Å². The maximum absolute atomic E-state index is 9.18. The van der Waals surface area contributed by atoms with E-state index in [1.807, 2.05) is 0 Å². The minimum Gasteiger partial charge on any atom is -0.549 e. The van der Waals surface area contributed by atoms with Gasteiger partial charge in [0.1, 0.15) is 0 Å². The number of hydrogen-bond donors (Lipinski definition) is 4. The number of hydrogen-bond acceptors (Lipinski definition) is 12. The molecule has 0 saturated carbocycles. The molecule has 0 aromatic carbocycles. The molecule has 0 aliphatic rings. The van der Waals surface area contributed by atoms with Gasteiger partial charge in [-0.3, -0.25) is 0 Å². The fourth-order valence-corrected chi connectivity index (χ4v) is 0. The molecule has 0 aromatic heterocycles. The second-order valence-electron chi connectivity index (χ2n) is 2.12. The summed E-state index contributed by atoms with van der Waals surface area (Å²) in [6.07, 6.45) is 0. The van der Waals surface area contributed by atoms with E-state index < -0.39 is 23.9 Å². The van der Waals surface area contributed by atoms with Crippen LogP contribution in [0.25, 0.3) is 0 Å². The summed E-state index contributed by atoms with van der Waals surface area (Å²) in [5, 5.41) is 36.7. The van der Waals surface area contributed by atoms with Crippen molar-refractivity contribution in [1.29, 1.82) is 0 Å². The molecule has 0 amide bonds. The first kappa shape index (κ1) is 32.9. The van der Waals surface area contributed by atoms with Crippen molar-refractivity contribution >= 4 is 74.4 Å². The van der Waals surface area contributed by atoms with E-state index in [0.717, 1.165) is 0 Å². The van der Waals surface area contributed by atoms with Crippen molar-refractivity contribution in [2.24, 2.45) is 0 Å². The summed E-state index contributed by atoms with van der Waals surface area (Å²) in [6.45, 7) is 0. The zero-order valence-corrected chi connectivity index (χ0v) is 16.4. The van der Waals surface area contributed by atoms with Crippen LogP contribution in [0.15, 0.2) is 0 Å². The fourth-order valence-electron chi connectivity index (χ4n) is 0. The third-order valence-corrected chi connectivity index (χ3v) is 1.55. The van der Waals surface area contributed by atoms with Crippen molar-refractivity contribution in [3.8, 4) is 0 Å².